The summed E-state index contributed by atoms with van der Waals surface area (Å²) in [4.78, 5) is 117. The molecule has 0 aliphatic carbocycles. The molecule has 0 spiro atoms. The molecule has 4 fully saturated rings. The number of ether oxygens (including phenoxy) is 4. The number of hydrogen-bond acceptors (Lipinski definition) is 14. The van der Waals surface area contributed by atoms with Crippen molar-refractivity contribution < 1.29 is 57.3 Å². The fraction of sp³-hybridized carbons (Fsp3) is 0.692. The normalized spacial score (nSPS) is 23.3. The average molecular weight is 1230 g/mol. The van der Waals surface area contributed by atoms with Gasteiger partial charge in [-0.15, -0.1) is 23.5 Å². The number of ketones is 1. The lowest BCUT2D eigenvalue weighted by Crippen LogP contribution is -2.58. The van der Waals surface area contributed by atoms with Gasteiger partial charge in [-0.25, -0.2) is 9.59 Å². The lowest BCUT2D eigenvalue weighted by Gasteiger charge is -2.35. The molecular weight excluding hydrogens is 1130 g/mol. The molecule has 0 unspecified atom stereocenters. The Morgan fingerprint density at radius 2 is 1.01 bits per heavy atom. The van der Waals surface area contributed by atoms with Gasteiger partial charge in [0.15, 0.2) is 5.78 Å². The van der Waals surface area contributed by atoms with Crippen LogP contribution in [-0.4, -0.2) is 177 Å². The second-order valence-electron chi connectivity index (χ2n) is 27.1. The van der Waals surface area contributed by atoms with Crippen LogP contribution in [0.15, 0.2) is 60.7 Å². The summed E-state index contributed by atoms with van der Waals surface area (Å²) in [5.74, 6) is -0.864. The third-order valence-corrected chi connectivity index (χ3v) is 19.2. The van der Waals surface area contributed by atoms with Crippen molar-refractivity contribution in [1.82, 2.24) is 35.6 Å². The van der Waals surface area contributed by atoms with Crippen LogP contribution in [0.25, 0.3) is 0 Å². The van der Waals surface area contributed by atoms with Crippen molar-refractivity contribution in [1.29, 1.82) is 0 Å². The monoisotopic (exact) mass is 1230 g/mol. The highest BCUT2D eigenvalue weighted by Gasteiger charge is 2.56. The molecule has 0 aromatic heterocycles. The maximum absolute atomic E-state index is 14.7. The maximum atomic E-state index is 14.7. The second-order valence-corrected chi connectivity index (χ2v) is 29.7. The van der Waals surface area contributed by atoms with Crippen LogP contribution in [0.1, 0.15) is 177 Å². The van der Waals surface area contributed by atoms with E-state index < -0.39 is 88.3 Å². The van der Waals surface area contributed by atoms with Gasteiger partial charge in [0.1, 0.15) is 41.4 Å². The second kappa shape index (κ2) is 30.7. The summed E-state index contributed by atoms with van der Waals surface area (Å²) in [7, 11) is 2.99. The number of nitrogens with one attached hydrogen (secondary N) is 3. The van der Waals surface area contributed by atoms with E-state index in [0.29, 0.717) is 57.0 Å². The van der Waals surface area contributed by atoms with Crippen LogP contribution in [0.5, 0.6) is 0 Å². The molecule has 4 aliphatic rings. The van der Waals surface area contributed by atoms with Gasteiger partial charge in [-0.2, -0.15) is 0 Å². The van der Waals surface area contributed by atoms with Crippen LogP contribution in [0, 0.1) is 10.8 Å². The summed E-state index contributed by atoms with van der Waals surface area (Å²) < 4.78 is 23.5. The van der Waals surface area contributed by atoms with E-state index in [1.807, 2.05) is 88.4 Å². The minimum Gasteiger partial charge on any atom is -0.444 e. The highest BCUT2D eigenvalue weighted by molar-refractivity contribution is 8.00. The molecule has 2 aromatic carbocycles. The van der Waals surface area contributed by atoms with Crippen molar-refractivity contribution in [3.63, 3.8) is 0 Å². The number of hydrogen-bond donors (Lipinski definition) is 3. The van der Waals surface area contributed by atoms with Gasteiger partial charge in [-0.05, 0) is 127 Å². The van der Waals surface area contributed by atoms with Crippen molar-refractivity contribution in [2.75, 3.05) is 52.0 Å². The van der Waals surface area contributed by atoms with Gasteiger partial charge in [0.2, 0.25) is 29.5 Å². The molecule has 0 bridgehead atoms. The minimum atomic E-state index is -0.906. The van der Waals surface area contributed by atoms with E-state index in [4.69, 9.17) is 18.9 Å². The van der Waals surface area contributed by atoms with Crippen molar-refractivity contribution >= 4 is 71.0 Å². The fourth-order valence-electron chi connectivity index (χ4n) is 11.8. The first-order valence-electron chi connectivity index (χ1n) is 30.9. The van der Waals surface area contributed by atoms with Gasteiger partial charge in [0.05, 0.1) is 36.0 Å². The molecule has 10 atom stereocenters. The molecule has 2 aromatic rings. The maximum Gasteiger partial charge on any atom is 0.410 e. The van der Waals surface area contributed by atoms with E-state index in [2.05, 4.69) is 16.0 Å². The van der Waals surface area contributed by atoms with E-state index >= 15 is 0 Å². The molecular formula is C65H99N7O12S2. The van der Waals surface area contributed by atoms with Crippen LogP contribution in [0.3, 0.4) is 0 Å². The Kier molecular flexibility index (Phi) is 24.9. The van der Waals surface area contributed by atoms with Crippen molar-refractivity contribution in [2.24, 2.45) is 10.8 Å². The van der Waals surface area contributed by atoms with E-state index in [0.717, 1.165) is 49.7 Å². The van der Waals surface area contributed by atoms with Gasteiger partial charge in [0, 0.05) is 39.6 Å². The number of nitrogens with zero attached hydrogens (tertiary/aromatic N) is 4. The molecule has 4 saturated heterocycles. The van der Waals surface area contributed by atoms with Gasteiger partial charge in [-0.3, -0.25) is 38.6 Å². The molecule has 0 radical (unpaired) electrons. The molecule has 21 heteroatoms. The number of rotatable bonds is 26. The number of unbranched alkanes of at least 4 members (excludes halogenated alkanes) is 5. The highest BCUT2D eigenvalue weighted by atomic mass is 32.2. The summed E-state index contributed by atoms with van der Waals surface area (Å²) >= 11 is 3.26. The smallest absolute Gasteiger partial charge is 0.410 e. The molecule has 19 nitrogen and oxygen atoms in total. The first-order valence-corrected chi connectivity index (χ1v) is 33.0. The van der Waals surface area contributed by atoms with Gasteiger partial charge >= 0.3 is 12.2 Å². The summed E-state index contributed by atoms with van der Waals surface area (Å²) in [6.07, 6.45) is 6.63. The standard InChI is InChI=1S/C65H99N7O12S2/c1-42(69(13)60(79)83-62(3,4)5)55(74)66-47-31-35-85-51-38-64(9,10)53(71(51)58(47)77)50(73)37-46(44-27-21-19-22-28-44)40-81-33-25-17-15-16-18-26-34-82-41-49(45-29-23-20-24-30-45)68-57(76)54-65(11,12)39-52-72(54)59(78)48(32-36-86-52)67-56(75)43(2)70(14)61(80)84-63(6,7)8/h19-24,27-30,42-43,46-49,51-54H,15-18,25-26,31-41H2,1-14H3,(H,66,74)(H,67,75)(H,68,76)/t42-,43-,46+,47-,48-,49+,51-,52-,53+,54+/m0/s1. The van der Waals surface area contributed by atoms with Crippen LogP contribution in [0.4, 0.5) is 9.59 Å². The Labute approximate surface area is 519 Å². The predicted molar refractivity (Wildman–Crippen MR) is 336 cm³/mol. The Bertz CT molecular complexity index is 2460. The molecule has 3 N–H and O–H groups in total. The number of benzene rings is 2. The lowest BCUT2D eigenvalue weighted by atomic mass is 9.79. The lowest BCUT2D eigenvalue weighted by molar-refractivity contribution is -0.144. The molecule has 6 rings (SSSR count). The number of carbonyl (C=O) groups is 8. The van der Waals surface area contributed by atoms with Gasteiger partial charge in [0.25, 0.3) is 0 Å². The van der Waals surface area contributed by atoms with Crippen molar-refractivity contribution in [3.05, 3.63) is 71.8 Å². The average Bonchev–Trinajstić information content (AvgIpc) is 1.63. The fourth-order valence-corrected chi connectivity index (χ4v) is 14.9. The molecule has 4 heterocycles. The Balaban J connectivity index is 0.950. The number of carbonyl (C=O) groups excluding carboxylic acids is 8. The largest absolute Gasteiger partial charge is 0.444 e. The van der Waals surface area contributed by atoms with Crippen LogP contribution in [0.2, 0.25) is 0 Å². The van der Waals surface area contributed by atoms with Gasteiger partial charge < -0.3 is 44.7 Å². The number of fused-ring (bicyclic) bond motifs is 2. The Hall–Kier alpha value is -5.38. The molecule has 86 heavy (non-hydrogen) atoms. The quantitative estimate of drug-likeness (QED) is 0.0747. The number of Topliss-reactive ketones (excluding diaryl/α,β-unsaturated/α-hetero) is 1. The van der Waals surface area contributed by atoms with Crippen LogP contribution >= 0.6 is 23.5 Å². The van der Waals surface area contributed by atoms with Crippen LogP contribution in [-0.2, 0) is 47.7 Å². The van der Waals surface area contributed by atoms with Crippen LogP contribution < -0.4 is 16.0 Å². The zero-order valence-corrected chi connectivity index (χ0v) is 55.2. The molecule has 478 valence electrons. The number of likely N-dealkylation sites (N-methyl/N-ethyl adjacent to an activating group) is 2. The first-order chi connectivity index (χ1) is 40.4. The topological polar surface area (TPSA) is 223 Å². The molecule has 7 amide bonds. The Morgan fingerprint density at radius 3 is 1.47 bits per heavy atom. The number of thioether (sulfide) groups is 2. The summed E-state index contributed by atoms with van der Waals surface area (Å²) in [5.41, 5.74) is -0.679. The zero-order valence-electron chi connectivity index (χ0n) is 53.6. The third-order valence-electron chi connectivity index (χ3n) is 16.7. The highest BCUT2D eigenvalue weighted by Crippen LogP contribution is 2.48. The first kappa shape index (κ1) is 69.7. The predicted octanol–water partition coefficient (Wildman–Crippen LogP) is 9.62. The van der Waals surface area contributed by atoms with E-state index in [-0.39, 0.29) is 53.2 Å². The zero-order chi connectivity index (χ0) is 63.3. The summed E-state index contributed by atoms with van der Waals surface area (Å²) in [6.45, 7) is 23.5. The number of amides is 7. The summed E-state index contributed by atoms with van der Waals surface area (Å²) in [6, 6.07) is 14.1. The Morgan fingerprint density at radius 1 is 0.605 bits per heavy atom. The summed E-state index contributed by atoms with van der Waals surface area (Å²) in [5, 5.41) is 8.61. The van der Waals surface area contributed by atoms with E-state index in [9.17, 15) is 38.4 Å². The third kappa shape index (κ3) is 19.1. The van der Waals surface area contributed by atoms with E-state index in [1.165, 1.54) is 23.9 Å². The van der Waals surface area contributed by atoms with Crippen molar-refractivity contribution in [2.45, 2.75) is 224 Å². The SMILES string of the molecule is C[C@@H](C(=O)N[C@H]1CCS[C@H]2CC(C)(C)[C@@H](C(=O)C[C@H](COCCCCCCCCOC[C@@H](NC(=O)[C@H]3N4C(=O)[C@@H](NC(=O)[C@H](C)N(C)C(=O)OC(C)(C)C)CCS[C@H]4CC3(C)C)c3ccccc3)c3ccccc3)N2C1=O)N(C)C(=O)OC(C)(C)C. The van der Waals surface area contributed by atoms with Crippen molar-refractivity contribution in [3.8, 4) is 0 Å². The minimum absolute atomic E-state index is 0.0351. The van der Waals surface area contributed by atoms with Gasteiger partial charge in [-0.1, -0.05) is 114 Å². The molecule has 4 aliphatic heterocycles. The molecule has 0 saturated carbocycles. The van der Waals surface area contributed by atoms with E-state index in [1.54, 1.807) is 88.7 Å².